The number of rotatable bonds is 8. The summed E-state index contributed by atoms with van der Waals surface area (Å²) in [7, 11) is 1.87. The van der Waals surface area contributed by atoms with Gasteiger partial charge < -0.3 is 4.90 Å². The number of hydrogen-bond donors (Lipinski definition) is 0. The minimum absolute atomic E-state index is 0.0768. The SMILES string of the molecule is CCc1cc(C(=O)N(C)CCCCCBr)n(CC)n1. The first-order chi connectivity index (χ1) is 9.13. The Balaban J connectivity index is 2.62. The molecule has 0 aliphatic rings. The van der Waals surface area contributed by atoms with E-state index in [1.807, 2.05) is 20.0 Å². The molecule has 0 unspecified atom stereocenters. The van der Waals surface area contributed by atoms with Gasteiger partial charge in [-0.15, -0.1) is 0 Å². The van der Waals surface area contributed by atoms with Crippen LogP contribution in [0.3, 0.4) is 0 Å². The zero-order valence-electron chi connectivity index (χ0n) is 12.2. The van der Waals surface area contributed by atoms with Crippen molar-refractivity contribution in [3.8, 4) is 0 Å². The van der Waals surface area contributed by atoms with Crippen LogP contribution in [-0.4, -0.2) is 39.5 Å². The van der Waals surface area contributed by atoms with E-state index in [1.165, 1.54) is 0 Å². The summed E-state index contributed by atoms with van der Waals surface area (Å²) in [5.41, 5.74) is 1.69. The van der Waals surface area contributed by atoms with Gasteiger partial charge in [-0.3, -0.25) is 9.48 Å². The molecule has 1 aromatic heterocycles. The molecule has 0 fully saturated rings. The number of carbonyl (C=O) groups excluding carboxylic acids is 1. The van der Waals surface area contributed by atoms with Crippen LogP contribution in [0.4, 0.5) is 0 Å². The van der Waals surface area contributed by atoms with Crippen molar-refractivity contribution in [1.82, 2.24) is 14.7 Å². The molecular weight excluding hydrogens is 306 g/mol. The Morgan fingerprint density at radius 3 is 2.68 bits per heavy atom. The second-order valence-electron chi connectivity index (χ2n) is 4.67. The molecule has 0 aliphatic carbocycles. The normalized spacial score (nSPS) is 10.7. The maximum absolute atomic E-state index is 12.4. The average Bonchev–Trinajstić information content (AvgIpc) is 2.85. The van der Waals surface area contributed by atoms with Crippen molar-refractivity contribution in [2.24, 2.45) is 0 Å². The maximum atomic E-state index is 12.4. The summed E-state index contributed by atoms with van der Waals surface area (Å²) in [4.78, 5) is 14.2. The molecule has 19 heavy (non-hydrogen) atoms. The minimum atomic E-state index is 0.0768. The third kappa shape index (κ3) is 4.64. The fraction of sp³-hybridized carbons (Fsp3) is 0.714. The van der Waals surface area contributed by atoms with Crippen molar-refractivity contribution in [2.45, 2.75) is 46.1 Å². The Morgan fingerprint density at radius 2 is 2.11 bits per heavy atom. The summed E-state index contributed by atoms with van der Waals surface area (Å²) in [6, 6.07) is 1.92. The molecule has 1 aromatic rings. The Bertz CT molecular complexity index is 403. The zero-order chi connectivity index (χ0) is 14.3. The average molecular weight is 330 g/mol. The third-order valence-electron chi connectivity index (χ3n) is 3.19. The summed E-state index contributed by atoms with van der Waals surface area (Å²) in [6.45, 7) is 5.61. The van der Waals surface area contributed by atoms with Crippen molar-refractivity contribution < 1.29 is 4.79 Å². The Kier molecular flexibility index (Phi) is 7.13. The van der Waals surface area contributed by atoms with E-state index in [0.29, 0.717) is 5.69 Å². The molecule has 108 valence electrons. The number of amides is 1. The molecule has 0 N–H and O–H groups in total. The lowest BCUT2D eigenvalue weighted by atomic mass is 10.2. The predicted octanol–water partition coefficient (Wildman–Crippen LogP) is 3.10. The fourth-order valence-electron chi connectivity index (χ4n) is 1.97. The largest absolute Gasteiger partial charge is 0.340 e. The highest BCUT2D eigenvalue weighted by Crippen LogP contribution is 2.09. The van der Waals surface area contributed by atoms with Gasteiger partial charge in [-0.25, -0.2) is 0 Å². The molecule has 0 saturated carbocycles. The molecule has 0 aromatic carbocycles. The van der Waals surface area contributed by atoms with Crippen molar-refractivity contribution in [3.05, 3.63) is 17.5 Å². The van der Waals surface area contributed by atoms with Gasteiger partial charge in [0.25, 0.3) is 5.91 Å². The van der Waals surface area contributed by atoms with Crippen molar-refractivity contribution >= 4 is 21.8 Å². The standard InChI is InChI=1S/C14H24BrN3O/c1-4-12-11-13(18(5-2)16-12)14(19)17(3)10-8-6-7-9-15/h11H,4-10H2,1-3H3. The molecule has 5 heteroatoms. The summed E-state index contributed by atoms with van der Waals surface area (Å²) < 4.78 is 1.80. The number of nitrogens with zero attached hydrogens (tertiary/aromatic N) is 3. The van der Waals surface area contributed by atoms with Crippen LogP contribution < -0.4 is 0 Å². The van der Waals surface area contributed by atoms with Crippen LogP contribution in [0, 0.1) is 0 Å². The number of unbranched alkanes of at least 4 members (excludes halogenated alkanes) is 2. The van der Waals surface area contributed by atoms with Crippen molar-refractivity contribution in [2.75, 3.05) is 18.9 Å². The Hall–Kier alpha value is -0.840. The number of aryl methyl sites for hydroxylation is 2. The molecule has 0 aliphatic heterocycles. The van der Waals surface area contributed by atoms with Gasteiger partial charge in [-0.05, 0) is 32.3 Å². The minimum Gasteiger partial charge on any atom is -0.340 e. The molecule has 0 atom stereocenters. The number of hydrogen-bond acceptors (Lipinski definition) is 2. The van der Waals surface area contributed by atoms with Gasteiger partial charge in [0.2, 0.25) is 0 Å². The van der Waals surface area contributed by atoms with Crippen LogP contribution in [0.25, 0.3) is 0 Å². The van der Waals surface area contributed by atoms with Crippen LogP contribution in [0.15, 0.2) is 6.07 Å². The van der Waals surface area contributed by atoms with Gasteiger partial charge in [-0.2, -0.15) is 5.10 Å². The number of carbonyl (C=O) groups is 1. The molecule has 0 spiro atoms. The zero-order valence-corrected chi connectivity index (χ0v) is 13.7. The summed E-state index contributed by atoms with van der Waals surface area (Å²) >= 11 is 3.42. The molecule has 4 nitrogen and oxygen atoms in total. The maximum Gasteiger partial charge on any atom is 0.271 e. The van der Waals surface area contributed by atoms with E-state index in [1.54, 1.807) is 9.58 Å². The molecule has 0 saturated heterocycles. The highest BCUT2D eigenvalue weighted by Gasteiger charge is 2.17. The third-order valence-corrected chi connectivity index (χ3v) is 3.75. The Morgan fingerprint density at radius 1 is 1.37 bits per heavy atom. The highest BCUT2D eigenvalue weighted by molar-refractivity contribution is 9.09. The lowest BCUT2D eigenvalue weighted by molar-refractivity contribution is 0.0780. The Labute approximate surface area is 124 Å². The van der Waals surface area contributed by atoms with Gasteiger partial charge in [0, 0.05) is 25.5 Å². The van der Waals surface area contributed by atoms with E-state index in [2.05, 4.69) is 28.0 Å². The van der Waals surface area contributed by atoms with E-state index < -0.39 is 0 Å². The van der Waals surface area contributed by atoms with E-state index in [-0.39, 0.29) is 5.91 Å². The van der Waals surface area contributed by atoms with Gasteiger partial charge in [0.1, 0.15) is 5.69 Å². The lowest BCUT2D eigenvalue weighted by Crippen LogP contribution is -2.29. The van der Waals surface area contributed by atoms with E-state index in [0.717, 1.165) is 49.8 Å². The monoisotopic (exact) mass is 329 g/mol. The first-order valence-corrected chi connectivity index (χ1v) is 8.14. The van der Waals surface area contributed by atoms with Crippen molar-refractivity contribution in [1.29, 1.82) is 0 Å². The fourth-order valence-corrected chi connectivity index (χ4v) is 2.37. The summed E-state index contributed by atoms with van der Waals surface area (Å²) in [5, 5.41) is 5.46. The van der Waals surface area contributed by atoms with Crippen LogP contribution >= 0.6 is 15.9 Å². The lowest BCUT2D eigenvalue weighted by Gasteiger charge is -2.17. The van der Waals surface area contributed by atoms with Crippen LogP contribution in [-0.2, 0) is 13.0 Å². The molecule has 1 amide bonds. The predicted molar refractivity (Wildman–Crippen MR) is 81.9 cm³/mol. The van der Waals surface area contributed by atoms with Gasteiger partial charge in [-0.1, -0.05) is 29.3 Å². The molecule has 0 bridgehead atoms. The van der Waals surface area contributed by atoms with E-state index >= 15 is 0 Å². The van der Waals surface area contributed by atoms with Gasteiger partial charge in [0.15, 0.2) is 0 Å². The van der Waals surface area contributed by atoms with Gasteiger partial charge >= 0.3 is 0 Å². The molecule has 0 radical (unpaired) electrons. The van der Waals surface area contributed by atoms with Crippen LogP contribution in [0.1, 0.15) is 49.3 Å². The van der Waals surface area contributed by atoms with E-state index in [4.69, 9.17) is 0 Å². The van der Waals surface area contributed by atoms with Crippen LogP contribution in [0.5, 0.6) is 0 Å². The summed E-state index contributed by atoms with van der Waals surface area (Å²) in [6.07, 6.45) is 4.22. The number of halogens is 1. The number of alkyl halides is 1. The quantitative estimate of drug-likeness (QED) is 0.543. The smallest absolute Gasteiger partial charge is 0.271 e. The molecule has 1 heterocycles. The van der Waals surface area contributed by atoms with Crippen molar-refractivity contribution in [3.63, 3.8) is 0 Å². The first kappa shape index (κ1) is 16.2. The van der Waals surface area contributed by atoms with E-state index in [9.17, 15) is 4.79 Å². The topological polar surface area (TPSA) is 38.1 Å². The first-order valence-electron chi connectivity index (χ1n) is 7.02. The second kappa shape index (κ2) is 8.35. The number of aromatic nitrogens is 2. The van der Waals surface area contributed by atoms with Gasteiger partial charge in [0.05, 0.1) is 5.69 Å². The molecular formula is C14H24BrN3O. The molecule has 1 rings (SSSR count). The second-order valence-corrected chi connectivity index (χ2v) is 5.46. The highest BCUT2D eigenvalue weighted by atomic mass is 79.9. The summed E-state index contributed by atoms with van der Waals surface area (Å²) in [5.74, 6) is 0.0768. The van der Waals surface area contributed by atoms with Crippen LogP contribution in [0.2, 0.25) is 0 Å².